The Hall–Kier alpha value is -0.930. The van der Waals surface area contributed by atoms with E-state index in [9.17, 15) is 4.39 Å². The molecule has 0 aliphatic carbocycles. The molecule has 2 aliphatic rings. The predicted molar refractivity (Wildman–Crippen MR) is 84.9 cm³/mol. The van der Waals surface area contributed by atoms with Gasteiger partial charge in [0, 0.05) is 13.1 Å². The highest BCUT2D eigenvalue weighted by Gasteiger charge is 2.32. The van der Waals surface area contributed by atoms with Crippen molar-refractivity contribution in [2.75, 3.05) is 32.7 Å². The van der Waals surface area contributed by atoms with E-state index in [1.54, 1.807) is 12.1 Å². The largest absolute Gasteiger partial charge is 0.316 e. The van der Waals surface area contributed by atoms with E-state index in [4.69, 9.17) is 0 Å². The molecule has 116 valence electrons. The number of halogens is 1. The topological polar surface area (TPSA) is 15.3 Å². The fourth-order valence-electron chi connectivity index (χ4n) is 3.87. The first-order valence-corrected chi connectivity index (χ1v) is 8.31. The van der Waals surface area contributed by atoms with E-state index >= 15 is 0 Å². The van der Waals surface area contributed by atoms with Crippen LogP contribution in [0.15, 0.2) is 24.3 Å². The Labute approximate surface area is 127 Å². The summed E-state index contributed by atoms with van der Waals surface area (Å²) < 4.78 is 13.7. The van der Waals surface area contributed by atoms with Gasteiger partial charge in [-0.2, -0.15) is 0 Å². The Kier molecular flexibility index (Phi) is 4.60. The summed E-state index contributed by atoms with van der Waals surface area (Å²) in [5, 5.41) is 3.48. The van der Waals surface area contributed by atoms with Gasteiger partial charge in [-0.3, -0.25) is 0 Å². The smallest absolute Gasteiger partial charge is 0.126 e. The van der Waals surface area contributed by atoms with Gasteiger partial charge in [0.05, 0.1) is 0 Å². The maximum absolute atomic E-state index is 13.7. The Morgan fingerprint density at radius 1 is 1.29 bits per heavy atom. The lowest BCUT2D eigenvalue weighted by Crippen LogP contribution is -2.42. The molecule has 1 N–H and O–H groups in total. The first-order chi connectivity index (χ1) is 10.1. The Morgan fingerprint density at radius 3 is 2.71 bits per heavy atom. The van der Waals surface area contributed by atoms with Gasteiger partial charge in [-0.05, 0) is 68.3 Å². The third kappa shape index (κ3) is 3.83. The zero-order valence-corrected chi connectivity index (χ0v) is 13.1. The fraction of sp³-hybridized carbons (Fsp3) is 0.667. The van der Waals surface area contributed by atoms with E-state index in [1.807, 2.05) is 12.1 Å². The van der Waals surface area contributed by atoms with Gasteiger partial charge in [0.1, 0.15) is 5.82 Å². The third-order valence-corrected chi connectivity index (χ3v) is 5.24. The molecule has 3 heteroatoms. The number of hydrogen-bond acceptors (Lipinski definition) is 2. The lowest BCUT2D eigenvalue weighted by atomic mass is 9.86. The molecular formula is C18H27FN2. The minimum Gasteiger partial charge on any atom is -0.316 e. The van der Waals surface area contributed by atoms with Crippen molar-refractivity contribution in [3.05, 3.63) is 35.6 Å². The van der Waals surface area contributed by atoms with Crippen LogP contribution in [0.4, 0.5) is 4.39 Å². The molecule has 2 aliphatic heterocycles. The minimum absolute atomic E-state index is 0.0375. The van der Waals surface area contributed by atoms with Gasteiger partial charge in [0.15, 0.2) is 0 Å². The molecule has 0 amide bonds. The summed E-state index contributed by atoms with van der Waals surface area (Å²) >= 11 is 0. The van der Waals surface area contributed by atoms with Gasteiger partial charge < -0.3 is 10.2 Å². The van der Waals surface area contributed by atoms with Crippen LogP contribution in [-0.2, 0) is 6.42 Å². The minimum atomic E-state index is -0.0375. The van der Waals surface area contributed by atoms with Crippen LogP contribution in [0.5, 0.6) is 0 Å². The quantitative estimate of drug-likeness (QED) is 0.917. The van der Waals surface area contributed by atoms with E-state index < -0.39 is 0 Å². The van der Waals surface area contributed by atoms with Crippen molar-refractivity contribution in [3.63, 3.8) is 0 Å². The van der Waals surface area contributed by atoms with E-state index in [1.165, 1.54) is 45.4 Å². The number of nitrogens with one attached hydrogen (secondary N) is 1. The van der Waals surface area contributed by atoms with Crippen LogP contribution in [0.1, 0.15) is 31.7 Å². The van der Waals surface area contributed by atoms with Crippen LogP contribution < -0.4 is 5.32 Å². The molecule has 2 nitrogen and oxygen atoms in total. The molecule has 0 spiro atoms. The fourth-order valence-corrected chi connectivity index (χ4v) is 3.87. The normalized spacial score (nSPS) is 28.1. The van der Waals surface area contributed by atoms with Crippen LogP contribution in [0.3, 0.4) is 0 Å². The molecule has 2 heterocycles. The van der Waals surface area contributed by atoms with Crippen molar-refractivity contribution in [3.8, 4) is 0 Å². The summed E-state index contributed by atoms with van der Waals surface area (Å²) in [6, 6.07) is 7.24. The van der Waals surface area contributed by atoms with Crippen molar-refractivity contribution >= 4 is 0 Å². The molecule has 3 rings (SSSR count). The lowest BCUT2D eigenvalue weighted by Gasteiger charge is -2.37. The summed E-state index contributed by atoms with van der Waals surface area (Å²) in [5.74, 6) is 0.608. The zero-order valence-electron chi connectivity index (χ0n) is 13.1. The van der Waals surface area contributed by atoms with Crippen LogP contribution in [0, 0.1) is 17.2 Å². The Bertz CT molecular complexity index is 460. The van der Waals surface area contributed by atoms with Gasteiger partial charge in [0.25, 0.3) is 0 Å². The molecule has 2 saturated heterocycles. The zero-order chi connectivity index (χ0) is 14.7. The van der Waals surface area contributed by atoms with E-state index in [-0.39, 0.29) is 5.82 Å². The summed E-state index contributed by atoms with van der Waals surface area (Å²) in [7, 11) is 0. The molecule has 1 atom stereocenters. The maximum Gasteiger partial charge on any atom is 0.126 e. The Balaban J connectivity index is 1.48. The summed E-state index contributed by atoms with van der Waals surface area (Å²) in [4.78, 5) is 2.62. The highest BCUT2D eigenvalue weighted by atomic mass is 19.1. The van der Waals surface area contributed by atoms with Gasteiger partial charge in [-0.15, -0.1) is 0 Å². The van der Waals surface area contributed by atoms with Gasteiger partial charge in [-0.25, -0.2) is 4.39 Å². The first kappa shape index (κ1) is 15.0. The monoisotopic (exact) mass is 290 g/mol. The number of likely N-dealkylation sites (tertiary alicyclic amines) is 1. The SMILES string of the molecule is CC1(CN2CCC(Cc3ccccc3F)CC2)CCNC1. The van der Waals surface area contributed by atoms with Crippen LogP contribution in [0.25, 0.3) is 0 Å². The average Bonchev–Trinajstić information content (AvgIpc) is 2.90. The molecule has 1 unspecified atom stereocenters. The number of piperidine rings is 1. The number of benzene rings is 1. The van der Waals surface area contributed by atoms with Crippen LogP contribution in [-0.4, -0.2) is 37.6 Å². The second kappa shape index (κ2) is 6.45. The number of rotatable bonds is 4. The molecule has 1 aromatic rings. The standard InChI is InChI=1S/C18H27FN2/c1-18(8-9-20-13-18)14-21-10-6-15(7-11-21)12-16-4-2-3-5-17(16)19/h2-5,15,20H,6-14H2,1H3. The van der Waals surface area contributed by atoms with Crippen molar-refractivity contribution in [1.29, 1.82) is 0 Å². The van der Waals surface area contributed by atoms with Gasteiger partial charge in [0.2, 0.25) is 0 Å². The van der Waals surface area contributed by atoms with Crippen LogP contribution >= 0.6 is 0 Å². The lowest BCUT2D eigenvalue weighted by molar-refractivity contribution is 0.128. The molecular weight excluding hydrogens is 263 g/mol. The molecule has 0 radical (unpaired) electrons. The second-order valence-corrected chi connectivity index (χ2v) is 7.25. The van der Waals surface area contributed by atoms with Crippen molar-refractivity contribution in [1.82, 2.24) is 10.2 Å². The molecule has 21 heavy (non-hydrogen) atoms. The summed E-state index contributed by atoms with van der Waals surface area (Å²) in [5.41, 5.74) is 1.35. The Morgan fingerprint density at radius 2 is 2.05 bits per heavy atom. The summed E-state index contributed by atoms with van der Waals surface area (Å²) in [6.07, 6.45) is 4.61. The average molecular weight is 290 g/mol. The second-order valence-electron chi connectivity index (χ2n) is 7.25. The predicted octanol–water partition coefficient (Wildman–Crippen LogP) is 3.08. The first-order valence-electron chi connectivity index (χ1n) is 8.31. The van der Waals surface area contributed by atoms with Crippen molar-refractivity contribution < 1.29 is 4.39 Å². The van der Waals surface area contributed by atoms with Gasteiger partial charge >= 0.3 is 0 Å². The van der Waals surface area contributed by atoms with Crippen molar-refractivity contribution in [2.45, 2.75) is 32.6 Å². The highest BCUT2D eigenvalue weighted by molar-refractivity contribution is 5.17. The highest BCUT2D eigenvalue weighted by Crippen LogP contribution is 2.29. The van der Waals surface area contributed by atoms with E-state index in [0.29, 0.717) is 11.3 Å². The molecule has 2 fully saturated rings. The molecule has 0 bridgehead atoms. The van der Waals surface area contributed by atoms with E-state index in [0.717, 1.165) is 18.5 Å². The summed E-state index contributed by atoms with van der Waals surface area (Å²) in [6.45, 7) is 8.29. The maximum atomic E-state index is 13.7. The third-order valence-electron chi connectivity index (χ3n) is 5.24. The van der Waals surface area contributed by atoms with Crippen LogP contribution in [0.2, 0.25) is 0 Å². The van der Waals surface area contributed by atoms with Gasteiger partial charge in [-0.1, -0.05) is 25.1 Å². The van der Waals surface area contributed by atoms with Crippen molar-refractivity contribution in [2.24, 2.45) is 11.3 Å². The number of hydrogen-bond donors (Lipinski definition) is 1. The number of nitrogens with zero attached hydrogens (tertiary/aromatic N) is 1. The van der Waals surface area contributed by atoms with E-state index in [2.05, 4.69) is 17.1 Å². The molecule has 1 aromatic carbocycles. The molecule has 0 saturated carbocycles. The molecule has 0 aromatic heterocycles.